The molecule has 0 atom stereocenters. The third kappa shape index (κ3) is 3.53. The Bertz CT molecular complexity index is 1480. The van der Waals surface area contributed by atoms with E-state index in [0.717, 1.165) is 17.5 Å². The first-order valence-corrected chi connectivity index (χ1v) is 11.1. The number of H-pyrrole nitrogens is 1. The predicted molar refractivity (Wildman–Crippen MR) is 113 cm³/mol. The average molecular weight is 516 g/mol. The largest absolute Gasteiger partial charge is 0.417 e. The van der Waals surface area contributed by atoms with Crippen molar-refractivity contribution in [1.29, 1.82) is 0 Å². The van der Waals surface area contributed by atoms with Gasteiger partial charge < -0.3 is 4.42 Å². The fourth-order valence-electron chi connectivity index (χ4n) is 3.07. The lowest BCUT2D eigenvalue weighted by Gasteiger charge is -2.13. The van der Waals surface area contributed by atoms with Crippen LogP contribution < -0.4 is 10.5 Å². The van der Waals surface area contributed by atoms with E-state index in [1.165, 1.54) is 22.9 Å². The van der Waals surface area contributed by atoms with Crippen LogP contribution in [0.5, 0.6) is 0 Å². The van der Waals surface area contributed by atoms with Gasteiger partial charge in [-0.3, -0.25) is 9.71 Å². The highest BCUT2D eigenvalue weighted by Crippen LogP contribution is 2.36. The van der Waals surface area contributed by atoms with E-state index in [2.05, 4.69) is 30.7 Å². The van der Waals surface area contributed by atoms with Crippen molar-refractivity contribution in [3.8, 4) is 5.69 Å². The minimum Gasteiger partial charge on any atom is -0.406 e. The molecular weight excluding hydrogens is 503 g/mol. The summed E-state index contributed by atoms with van der Waals surface area (Å²) in [4.78, 5) is 13.5. The molecular formula is C18H13BrClFN4O4S. The summed E-state index contributed by atoms with van der Waals surface area (Å²) >= 11 is 9.32. The van der Waals surface area contributed by atoms with Crippen molar-refractivity contribution in [2.45, 2.75) is 18.7 Å². The molecule has 12 heteroatoms. The van der Waals surface area contributed by atoms with Crippen molar-refractivity contribution < 1.29 is 17.2 Å². The zero-order valence-corrected chi connectivity index (χ0v) is 18.6. The first-order valence-electron chi connectivity index (χ1n) is 8.43. The molecule has 30 heavy (non-hydrogen) atoms. The SMILES string of the molecule is Cc1cc(C)n(-c2ccc(NS(=O)(=O)c3c(Br)cc4[nH]c(=O)oc4c3Cl)cc2F)n1. The van der Waals surface area contributed by atoms with E-state index in [9.17, 15) is 17.6 Å². The van der Waals surface area contributed by atoms with Gasteiger partial charge in [-0.05, 0) is 54.0 Å². The van der Waals surface area contributed by atoms with E-state index in [1.807, 2.05) is 0 Å². The molecule has 2 aromatic heterocycles. The molecule has 0 bridgehead atoms. The summed E-state index contributed by atoms with van der Waals surface area (Å²) in [6.45, 7) is 3.57. The number of oxazole rings is 1. The minimum absolute atomic E-state index is 0.0173. The highest BCUT2D eigenvalue weighted by atomic mass is 79.9. The van der Waals surface area contributed by atoms with Crippen LogP contribution in [0.1, 0.15) is 11.4 Å². The van der Waals surface area contributed by atoms with Crippen LogP contribution in [0.2, 0.25) is 5.02 Å². The van der Waals surface area contributed by atoms with E-state index in [0.29, 0.717) is 0 Å². The molecule has 2 N–H and O–H groups in total. The molecule has 0 aliphatic heterocycles. The predicted octanol–water partition coefficient (Wildman–Crippen LogP) is 4.28. The molecule has 2 aromatic carbocycles. The number of hydrogen-bond acceptors (Lipinski definition) is 5. The van der Waals surface area contributed by atoms with Gasteiger partial charge >= 0.3 is 5.76 Å². The van der Waals surface area contributed by atoms with Gasteiger partial charge in [0.15, 0.2) is 11.4 Å². The summed E-state index contributed by atoms with van der Waals surface area (Å²) in [7, 11) is -4.25. The van der Waals surface area contributed by atoms with Crippen LogP contribution in [0.4, 0.5) is 10.1 Å². The maximum Gasteiger partial charge on any atom is 0.417 e. The van der Waals surface area contributed by atoms with Crippen molar-refractivity contribution in [3.63, 3.8) is 0 Å². The maximum atomic E-state index is 14.7. The van der Waals surface area contributed by atoms with E-state index in [1.54, 1.807) is 19.9 Å². The lowest BCUT2D eigenvalue weighted by Crippen LogP contribution is -2.15. The molecule has 0 amide bonds. The van der Waals surface area contributed by atoms with Crippen LogP contribution in [0.25, 0.3) is 16.8 Å². The molecule has 0 aliphatic carbocycles. The molecule has 156 valence electrons. The van der Waals surface area contributed by atoms with Crippen LogP contribution in [-0.2, 0) is 10.0 Å². The van der Waals surface area contributed by atoms with E-state index >= 15 is 0 Å². The van der Waals surface area contributed by atoms with Crippen LogP contribution in [0.15, 0.2) is 48.9 Å². The summed E-state index contributed by atoms with van der Waals surface area (Å²) in [5.74, 6) is -1.44. The molecule has 4 rings (SSSR count). The third-order valence-electron chi connectivity index (χ3n) is 4.27. The van der Waals surface area contributed by atoms with Gasteiger partial charge in [0.2, 0.25) is 0 Å². The van der Waals surface area contributed by atoms with Gasteiger partial charge in [-0.1, -0.05) is 11.6 Å². The second kappa shape index (κ2) is 7.25. The number of aromatic nitrogens is 3. The topological polar surface area (TPSA) is 110 Å². The van der Waals surface area contributed by atoms with Crippen molar-refractivity contribution >= 4 is 54.3 Å². The van der Waals surface area contributed by atoms with Gasteiger partial charge in [-0.25, -0.2) is 22.3 Å². The van der Waals surface area contributed by atoms with E-state index < -0.39 is 21.6 Å². The summed E-state index contributed by atoms with van der Waals surface area (Å²) in [6.07, 6.45) is 0. The zero-order chi connectivity index (χ0) is 21.8. The van der Waals surface area contributed by atoms with Gasteiger partial charge in [-0.2, -0.15) is 5.10 Å². The normalized spacial score (nSPS) is 11.9. The smallest absolute Gasteiger partial charge is 0.406 e. The third-order valence-corrected chi connectivity index (χ3v) is 7.10. The second-order valence-electron chi connectivity index (χ2n) is 6.50. The zero-order valence-electron chi connectivity index (χ0n) is 15.5. The number of benzene rings is 2. The van der Waals surface area contributed by atoms with Crippen molar-refractivity contribution in [1.82, 2.24) is 14.8 Å². The summed E-state index contributed by atoms with van der Waals surface area (Å²) in [5, 5.41) is 3.94. The molecule has 0 unspecified atom stereocenters. The monoisotopic (exact) mass is 514 g/mol. The fraction of sp³-hybridized carbons (Fsp3) is 0.111. The minimum atomic E-state index is -4.25. The number of halogens is 3. The molecule has 2 heterocycles. The number of nitrogens with zero attached hydrogens (tertiary/aromatic N) is 2. The van der Waals surface area contributed by atoms with Crippen LogP contribution in [-0.4, -0.2) is 23.2 Å². The van der Waals surface area contributed by atoms with Crippen molar-refractivity contribution in [2.24, 2.45) is 0 Å². The Labute approximate surface area is 182 Å². The average Bonchev–Trinajstić information content (AvgIpc) is 3.15. The number of nitrogens with one attached hydrogen (secondary N) is 2. The van der Waals surface area contributed by atoms with Gasteiger partial charge in [0.1, 0.15) is 15.6 Å². The van der Waals surface area contributed by atoms with Crippen LogP contribution in [0.3, 0.4) is 0 Å². The number of aromatic amines is 1. The van der Waals surface area contributed by atoms with Crippen molar-refractivity contribution in [2.75, 3.05) is 4.72 Å². The van der Waals surface area contributed by atoms with Crippen LogP contribution >= 0.6 is 27.5 Å². The number of hydrogen-bond donors (Lipinski definition) is 2. The Morgan fingerprint density at radius 3 is 2.63 bits per heavy atom. The summed E-state index contributed by atoms with van der Waals surface area (Å²) in [5.41, 5.74) is 1.75. The molecule has 0 radical (unpaired) electrons. The van der Waals surface area contributed by atoms with Crippen LogP contribution in [0, 0.1) is 19.7 Å². The molecule has 0 saturated heterocycles. The number of sulfonamides is 1. The van der Waals surface area contributed by atoms with E-state index in [4.69, 9.17) is 16.0 Å². The summed E-state index contributed by atoms with van der Waals surface area (Å²) in [6, 6.07) is 7.01. The number of fused-ring (bicyclic) bond motifs is 1. The number of rotatable bonds is 4. The maximum absolute atomic E-state index is 14.7. The highest BCUT2D eigenvalue weighted by molar-refractivity contribution is 9.10. The quantitative estimate of drug-likeness (QED) is 0.422. The first kappa shape index (κ1) is 20.6. The number of anilines is 1. The lowest BCUT2D eigenvalue weighted by molar-refractivity contribution is 0.554. The standard InChI is InChI=1S/C18H13BrClFN4O4S/c1-8-5-9(2)25(23-8)14-4-3-10(6-12(14)21)24-30(27,28)17-11(19)7-13-16(15(17)20)29-18(26)22-13/h3-7,24H,1-2H3,(H,22,26). The first-order chi connectivity index (χ1) is 14.1. The molecule has 0 fully saturated rings. The number of aryl methyl sites for hydroxylation is 2. The second-order valence-corrected chi connectivity index (χ2v) is 9.35. The van der Waals surface area contributed by atoms with Gasteiger partial charge in [0.25, 0.3) is 10.0 Å². The molecule has 4 aromatic rings. The van der Waals surface area contributed by atoms with Gasteiger partial charge in [-0.15, -0.1) is 0 Å². The molecule has 0 aliphatic rings. The fourth-order valence-corrected chi connectivity index (χ4v) is 5.98. The molecule has 0 spiro atoms. The van der Waals surface area contributed by atoms with E-state index in [-0.39, 0.29) is 36.9 Å². The Morgan fingerprint density at radius 1 is 1.27 bits per heavy atom. The molecule has 8 nitrogen and oxygen atoms in total. The van der Waals surface area contributed by atoms with Gasteiger partial charge in [0.05, 0.1) is 16.9 Å². The Morgan fingerprint density at radius 2 is 2.00 bits per heavy atom. The summed E-state index contributed by atoms with van der Waals surface area (Å²) < 4.78 is 49.3. The molecule has 0 saturated carbocycles. The van der Waals surface area contributed by atoms with Gasteiger partial charge in [0, 0.05) is 16.2 Å². The Kier molecular flexibility index (Phi) is 4.99. The Hall–Kier alpha value is -2.63. The Balaban J connectivity index is 1.74. The highest BCUT2D eigenvalue weighted by Gasteiger charge is 2.26. The van der Waals surface area contributed by atoms with Crippen molar-refractivity contribution in [3.05, 3.63) is 67.6 Å². The lowest BCUT2D eigenvalue weighted by atomic mass is 10.2.